The van der Waals surface area contributed by atoms with Crippen LogP contribution in [0, 0.1) is 5.92 Å². The Labute approximate surface area is 151 Å². The zero-order valence-electron chi connectivity index (χ0n) is 15.3. The summed E-state index contributed by atoms with van der Waals surface area (Å²) in [6.07, 6.45) is 3.89. The van der Waals surface area contributed by atoms with Gasteiger partial charge in [0.1, 0.15) is 0 Å². The first-order chi connectivity index (χ1) is 11.9. The molecule has 0 unspecified atom stereocenters. The summed E-state index contributed by atoms with van der Waals surface area (Å²) in [5, 5.41) is 0. The average molecular weight is 367 g/mol. The maximum atomic E-state index is 12.8. The molecule has 2 atom stereocenters. The van der Waals surface area contributed by atoms with Gasteiger partial charge in [0, 0.05) is 19.6 Å². The van der Waals surface area contributed by atoms with E-state index in [1.807, 2.05) is 6.07 Å². The third-order valence-electron chi connectivity index (χ3n) is 5.24. The number of nitrogens with one attached hydrogen (secondary N) is 1. The summed E-state index contributed by atoms with van der Waals surface area (Å²) >= 11 is 0. The minimum atomic E-state index is -3.52. The monoisotopic (exact) mass is 366 g/mol. The topological polar surface area (TPSA) is 58.6 Å². The standard InChI is InChI=1S/C19H30N2O3S/c1-16(2)14-21-12-13-24-19(15-21)11-7-6-10-18(19)20-25(22,23)17-8-4-3-5-9-17/h3-5,8-9,16,18,20H,6-7,10-15H2,1-2H3/t18-,19-/m0/s1. The predicted octanol–water partition coefficient (Wildman–Crippen LogP) is 2.63. The second-order valence-electron chi connectivity index (χ2n) is 7.77. The Kier molecular flexibility index (Phi) is 5.83. The highest BCUT2D eigenvalue weighted by Crippen LogP contribution is 2.36. The number of morpholine rings is 1. The zero-order chi connectivity index (χ0) is 17.9. The van der Waals surface area contributed by atoms with E-state index >= 15 is 0 Å². The van der Waals surface area contributed by atoms with E-state index in [1.165, 1.54) is 0 Å². The fraction of sp³-hybridized carbons (Fsp3) is 0.684. The molecule has 1 heterocycles. The van der Waals surface area contributed by atoms with Crippen LogP contribution in [0.5, 0.6) is 0 Å². The molecule has 1 saturated heterocycles. The summed E-state index contributed by atoms with van der Waals surface area (Å²) in [6, 6.07) is 8.46. The van der Waals surface area contributed by atoms with Crippen LogP contribution in [0.25, 0.3) is 0 Å². The van der Waals surface area contributed by atoms with Crippen molar-refractivity contribution in [3.63, 3.8) is 0 Å². The van der Waals surface area contributed by atoms with Crippen molar-refractivity contribution in [2.24, 2.45) is 5.92 Å². The molecule has 0 aromatic heterocycles. The summed E-state index contributed by atoms with van der Waals surface area (Å²) < 4.78 is 34.8. The number of hydrogen-bond acceptors (Lipinski definition) is 4. The Bertz CT molecular complexity index is 659. The molecule has 140 valence electrons. The van der Waals surface area contributed by atoms with E-state index in [9.17, 15) is 8.42 Å². The lowest BCUT2D eigenvalue weighted by Crippen LogP contribution is -2.64. The second kappa shape index (κ2) is 7.74. The van der Waals surface area contributed by atoms with E-state index in [4.69, 9.17) is 4.74 Å². The molecule has 6 heteroatoms. The molecule has 2 fully saturated rings. The molecule has 25 heavy (non-hydrogen) atoms. The van der Waals surface area contributed by atoms with Crippen LogP contribution >= 0.6 is 0 Å². The van der Waals surface area contributed by atoms with Gasteiger partial charge in [-0.3, -0.25) is 4.90 Å². The quantitative estimate of drug-likeness (QED) is 0.870. The lowest BCUT2D eigenvalue weighted by Gasteiger charge is -2.49. The lowest BCUT2D eigenvalue weighted by atomic mass is 9.79. The van der Waals surface area contributed by atoms with Gasteiger partial charge in [-0.1, -0.05) is 44.9 Å². The molecule has 5 nitrogen and oxygen atoms in total. The molecule has 1 N–H and O–H groups in total. The van der Waals surface area contributed by atoms with Crippen LogP contribution < -0.4 is 4.72 Å². The highest BCUT2D eigenvalue weighted by atomic mass is 32.2. The van der Waals surface area contributed by atoms with Crippen molar-refractivity contribution in [3.8, 4) is 0 Å². The van der Waals surface area contributed by atoms with Crippen molar-refractivity contribution in [3.05, 3.63) is 30.3 Å². The fourth-order valence-corrected chi connectivity index (χ4v) is 5.51. The molecule has 0 bridgehead atoms. The molecule has 0 amide bonds. The lowest BCUT2D eigenvalue weighted by molar-refractivity contribution is -0.141. The Morgan fingerprint density at radius 2 is 2.04 bits per heavy atom. The minimum absolute atomic E-state index is 0.165. The molecule has 2 aliphatic rings. The van der Waals surface area contributed by atoms with Gasteiger partial charge in [-0.2, -0.15) is 0 Å². The van der Waals surface area contributed by atoms with Gasteiger partial charge in [-0.25, -0.2) is 13.1 Å². The molecule has 1 aromatic carbocycles. The van der Waals surface area contributed by atoms with Crippen LogP contribution in [0.4, 0.5) is 0 Å². The third kappa shape index (κ3) is 4.42. The Hall–Kier alpha value is -0.950. The molecule has 1 aliphatic carbocycles. The number of sulfonamides is 1. The first kappa shape index (κ1) is 18.8. The predicted molar refractivity (Wildman–Crippen MR) is 99.0 cm³/mol. The van der Waals surface area contributed by atoms with Gasteiger partial charge >= 0.3 is 0 Å². The highest BCUT2D eigenvalue weighted by Gasteiger charge is 2.46. The fourth-order valence-electron chi connectivity index (χ4n) is 4.15. The smallest absolute Gasteiger partial charge is 0.240 e. The largest absolute Gasteiger partial charge is 0.371 e. The minimum Gasteiger partial charge on any atom is -0.371 e. The van der Waals surface area contributed by atoms with E-state index in [2.05, 4.69) is 23.5 Å². The van der Waals surface area contributed by atoms with Gasteiger partial charge in [-0.05, 0) is 30.9 Å². The zero-order valence-corrected chi connectivity index (χ0v) is 16.1. The van der Waals surface area contributed by atoms with Gasteiger partial charge in [0.15, 0.2) is 0 Å². The van der Waals surface area contributed by atoms with Gasteiger partial charge in [0.25, 0.3) is 0 Å². The van der Waals surface area contributed by atoms with Crippen molar-refractivity contribution in [1.29, 1.82) is 0 Å². The van der Waals surface area contributed by atoms with Crippen molar-refractivity contribution < 1.29 is 13.2 Å². The van der Waals surface area contributed by atoms with Crippen LogP contribution in [0.3, 0.4) is 0 Å². The summed E-state index contributed by atoms with van der Waals surface area (Å²) in [5.74, 6) is 0.596. The number of benzene rings is 1. The molecule has 1 saturated carbocycles. The van der Waals surface area contributed by atoms with Crippen molar-refractivity contribution in [2.75, 3.05) is 26.2 Å². The van der Waals surface area contributed by atoms with Crippen LogP contribution in [-0.4, -0.2) is 51.2 Å². The number of ether oxygens (including phenoxy) is 1. The maximum Gasteiger partial charge on any atom is 0.240 e. The van der Waals surface area contributed by atoms with E-state index < -0.39 is 15.6 Å². The normalized spacial score (nSPS) is 28.5. The van der Waals surface area contributed by atoms with Crippen LogP contribution in [0.15, 0.2) is 35.2 Å². The van der Waals surface area contributed by atoms with Gasteiger partial charge < -0.3 is 4.74 Å². The summed E-state index contributed by atoms with van der Waals surface area (Å²) in [4.78, 5) is 2.76. The van der Waals surface area contributed by atoms with Gasteiger partial charge in [-0.15, -0.1) is 0 Å². The van der Waals surface area contributed by atoms with E-state index in [1.54, 1.807) is 24.3 Å². The van der Waals surface area contributed by atoms with E-state index in [0.29, 0.717) is 17.4 Å². The van der Waals surface area contributed by atoms with Crippen molar-refractivity contribution in [2.45, 2.75) is 56.1 Å². The van der Waals surface area contributed by atoms with Crippen LogP contribution in [0.1, 0.15) is 39.5 Å². The average Bonchev–Trinajstić information content (AvgIpc) is 2.57. The molecule has 1 aromatic rings. The van der Waals surface area contributed by atoms with E-state index in [-0.39, 0.29) is 6.04 Å². The second-order valence-corrected chi connectivity index (χ2v) is 9.49. The SMILES string of the molecule is CC(C)CN1CCO[C@@]2(CCCC[C@@H]2NS(=O)(=O)c2ccccc2)C1. The molecule has 1 aliphatic heterocycles. The Balaban J connectivity index is 1.79. The maximum absolute atomic E-state index is 12.8. The van der Waals surface area contributed by atoms with Crippen molar-refractivity contribution in [1.82, 2.24) is 9.62 Å². The van der Waals surface area contributed by atoms with Crippen LogP contribution in [0.2, 0.25) is 0 Å². The Morgan fingerprint density at radius 1 is 1.28 bits per heavy atom. The van der Waals surface area contributed by atoms with Gasteiger partial charge in [0.05, 0.1) is 23.1 Å². The Morgan fingerprint density at radius 3 is 2.76 bits per heavy atom. The van der Waals surface area contributed by atoms with Crippen LogP contribution in [-0.2, 0) is 14.8 Å². The number of nitrogens with zero attached hydrogens (tertiary/aromatic N) is 1. The molecular formula is C19H30N2O3S. The number of rotatable bonds is 5. The summed E-state index contributed by atoms with van der Waals surface area (Å²) in [5.41, 5.74) is -0.396. The highest BCUT2D eigenvalue weighted by molar-refractivity contribution is 7.89. The van der Waals surface area contributed by atoms with E-state index in [0.717, 1.165) is 45.3 Å². The number of hydrogen-bond donors (Lipinski definition) is 1. The molecule has 0 radical (unpaired) electrons. The first-order valence-electron chi connectivity index (χ1n) is 9.35. The van der Waals surface area contributed by atoms with Gasteiger partial charge in [0.2, 0.25) is 10.0 Å². The third-order valence-corrected chi connectivity index (χ3v) is 6.73. The van der Waals surface area contributed by atoms with Crippen molar-refractivity contribution >= 4 is 10.0 Å². The summed E-state index contributed by atoms with van der Waals surface area (Å²) in [6.45, 7) is 7.89. The molecule has 1 spiro atoms. The molecular weight excluding hydrogens is 336 g/mol. The summed E-state index contributed by atoms with van der Waals surface area (Å²) in [7, 11) is -3.52. The first-order valence-corrected chi connectivity index (χ1v) is 10.8. The molecule has 3 rings (SSSR count).